The molecular weight excluding hydrogens is 260 g/mol. The standard InChI is InChI=1S/C11H13BrO3/c12-10-3-4-11-9(6-14-7-15-11)8(10)2-1-5-13/h3-4,13H,1-2,5-7H2. The minimum Gasteiger partial charge on any atom is -0.467 e. The van der Waals surface area contributed by atoms with Gasteiger partial charge in [0, 0.05) is 16.6 Å². The van der Waals surface area contributed by atoms with Crippen molar-refractivity contribution >= 4 is 15.9 Å². The summed E-state index contributed by atoms with van der Waals surface area (Å²) >= 11 is 3.51. The highest BCUT2D eigenvalue weighted by Gasteiger charge is 2.16. The summed E-state index contributed by atoms with van der Waals surface area (Å²) in [7, 11) is 0. The first-order valence-electron chi connectivity index (χ1n) is 4.94. The molecule has 0 fully saturated rings. The fourth-order valence-corrected chi connectivity index (χ4v) is 2.28. The van der Waals surface area contributed by atoms with E-state index in [9.17, 15) is 0 Å². The zero-order chi connectivity index (χ0) is 10.7. The molecule has 0 saturated carbocycles. The third-order valence-electron chi connectivity index (χ3n) is 2.46. The van der Waals surface area contributed by atoms with Gasteiger partial charge in [-0.1, -0.05) is 15.9 Å². The van der Waals surface area contributed by atoms with Crippen LogP contribution in [0.15, 0.2) is 16.6 Å². The highest BCUT2D eigenvalue weighted by atomic mass is 79.9. The van der Waals surface area contributed by atoms with Crippen LogP contribution in [0, 0.1) is 0 Å². The molecule has 1 aromatic carbocycles. The lowest BCUT2D eigenvalue weighted by Crippen LogP contribution is -2.13. The summed E-state index contributed by atoms with van der Waals surface area (Å²) in [6.07, 6.45) is 1.60. The zero-order valence-corrected chi connectivity index (χ0v) is 9.92. The van der Waals surface area contributed by atoms with Crippen LogP contribution in [-0.2, 0) is 17.8 Å². The average molecular weight is 273 g/mol. The molecule has 3 nitrogen and oxygen atoms in total. The van der Waals surface area contributed by atoms with Gasteiger partial charge in [0.25, 0.3) is 0 Å². The van der Waals surface area contributed by atoms with E-state index in [2.05, 4.69) is 15.9 Å². The minimum atomic E-state index is 0.206. The number of aliphatic hydroxyl groups excluding tert-OH is 1. The Balaban J connectivity index is 2.32. The maximum absolute atomic E-state index is 8.84. The van der Waals surface area contributed by atoms with E-state index in [0.717, 1.165) is 28.6 Å². The van der Waals surface area contributed by atoms with Gasteiger partial charge in [-0.25, -0.2) is 0 Å². The van der Waals surface area contributed by atoms with E-state index in [1.54, 1.807) is 0 Å². The Hall–Kier alpha value is -0.580. The van der Waals surface area contributed by atoms with Gasteiger partial charge in [0.1, 0.15) is 5.75 Å². The molecule has 0 aliphatic carbocycles. The van der Waals surface area contributed by atoms with E-state index in [1.807, 2.05) is 12.1 Å². The van der Waals surface area contributed by atoms with Gasteiger partial charge in [0.15, 0.2) is 6.79 Å². The van der Waals surface area contributed by atoms with Crippen molar-refractivity contribution in [1.82, 2.24) is 0 Å². The molecule has 4 heteroatoms. The Morgan fingerprint density at radius 1 is 1.40 bits per heavy atom. The SMILES string of the molecule is OCCCc1c(Br)ccc2c1COCO2. The Morgan fingerprint density at radius 2 is 2.27 bits per heavy atom. The van der Waals surface area contributed by atoms with E-state index < -0.39 is 0 Å². The maximum atomic E-state index is 8.84. The molecule has 1 heterocycles. The van der Waals surface area contributed by atoms with Gasteiger partial charge in [-0.05, 0) is 30.5 Å². The number of hydrogen-bond donors (Lipinski definition) is 1. The summed E-state index contributed by atoms with van der Waals surface area (Å²) in [5.74, 6) is 0.900. The minimum absolute atomic E-state index is 0.206. The lowest BCUT2D eigenvalue weighted by molar-refractivity contribution is -0.0169. The van der Waals surface area contributed by atoms with Crippen LogP contribution in [0.1, 0.15) is 17.5 Å². The third-order valence-corrected chi connectivity index (χ3v) is 3.20. The Morgan fingerprint density at radius 3 is 3.07 bits per heavy atom. The van der Waals surface area contributed by atoms with Crippen molar-refractivity contribution in [2.45, 2.75) is 19.4 Å². The van der Waals surface area contributed by atoms with Crippen molar-refractivity contribution in [2.75, 3.05) is 13.4 Å². The smallest absolute Gasteiger partial charge is 0.189 e. The monoisotopic (exact) mass is 272 g/mol. The highest BCUT2D eigenvalue weighted by Crippen LogP contribution is 2.32. The summed E-state index contributed by atoms with van der Waals surface area (Å²) < 4.78 is 11.7. The van der Waals surface area contributed by atoms with Gasteiger partial charge in [-0.15, -0.1) is 0 Å². The first kappa shape index (κ1) is 10.9. The van der Waals surface area contributed by atoms with Crippen molar-refractivity contribution in [1.29, 1.82) is 0 Å². The van der Waals surface area contributed by atoms with Crippen LogP contribution in [0.2, 0.25) is 0 Å². The van der Waals surface area contributed by atoms with Crippen molar-refractivity contribution in [3.05, 3.63) is 27.7 Å². The molecule has 0 unspecified atom stereocenters. The molecule has 1 aliphatic rings. The number of benzene rings is 1. The molecule has 0 saturated heterocycles. The molecule has 82 valence electrons. The summed E-state index contributed by atoms with van der Waals surface area (Å²) in [5.41, 5.74) is 2.28. The van der Waals surface area contributed by atoms with Crippen molar-refractivity contribution < 1.29 is 14.6 Å². The van der Waals surface area contributed by atoms with E-state index in [1.165, 1.54) is 5.56 Å². The summed E-state index contributed by atoms with van der Waals surface area (Å²) in [4.78, 5) is 0. The van der Waals surface area contributed by atoms with Crippen LogP contribution in [0.5, 0.6) is 5.75 Å². The fourth-order valence-electron chi connectivity index (χ4n) is 1.71. The highest BCUT2D eigenvalue weighted by molar-refractivity contribution is 9.10. The second kappa shape index (κ2) is 4.96. The predicted octanol–water partition coefficient (Wildman–Crippen LogP) is 2.24. The predicted molar refractivity (Wildman–Crippen MR) is 59.8 cm³/mol. The molecule has 15 heavy (non-hydrogen) atoms. The molecule has 0 radical (unpaired) electrons. The summed E-state index contributed by atoms with van der Waals surface area (Å²) in [6.45, 7) is 1.13. The van der Waals surface area contributed by atoms with Gasteiger partial charge in [-0.3, -0.25) is 0 Å². The van der Waals surface area contributed by atoms with Gasteiger partial charge < -0.3 is 14.6 Å². The van der Waals surface area contributed by atoms with Crippen LogP contribution < -0.4 is 4.74 Å². The number of hydrogen-bond acceptors (Lipinski definition) is 3. The molecule has 0 bridgehead atoms. The molecule has 0 atom stereocenters. The summed E-state index contributed by atoms with van der Waals surface area (Å²) in [6, 6.07) is 3.93. The van der Waals surface area contributed by atoms with E-state index in [0.29, 0.717) is 13.4 Å². The van der Waals surface area contributed by atoms with Crippen molar-refractivity contribution in [3.63, 3.8) is 0 Å². The van der Waals surface area contributed by atoms with Crippen molar-refractivity contribution in [2.24, 2.45) is 0 Å². The lowest BCUT2D eigenvalue weighted by Gasteiger charge is -2.21. The molecule has 1 aromatic rings. The van der Waals surface area contributed by atoms with Crippen LogP contribution >= 0.6 is 15.9 Å². The van der Waals surface area contributed by atoms with E-state index in [-0.39, 0.29) is 6.61 Å². The Labute approximate surface area is 97.1 Å². The lowest BCUT2D eigenvalue weighted by atomic mass is 10.0. The zero-order valence-electron chi connectivity index (χ0n) is 8.33. The van der Waals surface area contributed by atoms with Crippen LogP contribution in [-0.4, -0.2) is 18.5 Å². The average Bonchev–Trinajstić information content (AvgIpc) is 2.28. The third kappa shape index (κ3) is 2.33. The van der Waals surface area contributed by atoms with Crippen LogP contribution in [0.25, 0.3) is 0 Å². The Bertz CT molecular complexity index is 352. The molecule has 2 rings (SSSR count). The number of fused-ring (bicyclic) bond motifs is 1. The first-order valence-corrected chi connectivity index (χ1v) is 5.74. The van der Waals surface area contributed by atoms with Gasteiger partial charge in [0.2, 0.25) is 0 Å². The second-order valence-corrected chi connectivity index (χ2v) is 4.29. The first-order chi connectivity index (χ1) is 7.33. The second-order valence-electron chi connectivity index (χ2n) is 3.44. The quantitative estimate of drug-likeness (QED) is 0.917. The fraction of sp³-hybridized carbons (Fsp3) is 0.455. The number of halogens is 1. The molecule has 1 N–H and O–H groups in total. The summed E-state index contributed by atoms with van der Waals surface area (Å²) in [5, 5.41) is 8.84. The molecule has 0 amide bonds. The molecule has 0 aromatic heterocycles. The van der Waals surface area contributed by atoms with Crippen LogP contribution in [0.3, 0.4) is 0 Å². The molecular formula is C11H13BrO3. The largest absolute Gasteiger partial charge is 0.467 e. The molecule has 0 spiro atoms. The van der Waals surface area contributed by atoms with E-state index >= 15 is 0 Å². The van der Waals surface area contributed by atoms with Crippen molar-refractivity contribution in [3.8, 4) is 5.75 Å². The Kier molecular flexibility index (Phi) is 3.61. The normalized spacial score (nSPS) is 14.5. The maximum Gasteiger partial charge on any atom is 0.189 e. The van der Waals surface area contributed by atoms with Gasteiger partial charge in [0.05, 0.1) is 6.61 Å². The number of rotatable bonds is 3. The number of ether oxygens (including phenoxy) is 2. The van der Waals surface area contributed by atoms with E-state index in [4.69, 9.17) is 14.6 Å². The van der Waals surface area contributed by atoms with Gasteiger partial charge >= 0.3 is 0 Å². The topological polar surface area (TPSA) is 38.7 Å². The van der Waals surface area contributed by atoms with Crippen LogP contribution in [0.4, 0.5) is 0 Å². The number of aliphatic hydroxyl groups is 1. The van der Waals surface area contributed by atoms with Gasteiger partial charge in [-0.2, -0.15) is 0 Å². The molecule has 1 aliphatic heterocycles.